The summed E-state index contributed by atoms with van der Waals surface area (Å²) in [6, 6.07) is 18.3. The third kappa shape index (κ3) is 6.63. The zero-order chi connectivity index (χ0) is 18.9. The van der Waals surface area contributed by atoms with Crippen LogP contribution in [0, 0.1) is 0 Å². The van der Waals surface area contributed by atoms with Crippen LogP contribution in [0.2, 0.25) is 0 Å². The van der Waals surface area contributed by atoms with Crippen molar-refractivity contribution in [3.8, 4) is 5.75 Å². The van der Waals surface area contributed by atoms with Gasteiger partial charge in [0.2, 0.25) is 0 Å². The van der Waals surface area contributed by atoms with Gasteiger partial charge in [-0.05, 0) is 23.3 Å². The second-order valence-electron chi connectivity index (χ2n) is 7.08. The van der Waals surface area contributed by atoms with E-state index in [2.05, 4.69) is 21.9 Å². The van der Waals surface area contributed by atoms with Crippen molar-refractivity contribution >= 4 is 0 Å². The minimum absolute atomic E-state index is 0.376. The van der Waals surface area contributed by atoms with Crippen molar-refractivity contribution in [2.24, 2.45) is 0 Å². The molecule has 1 heterocycles. The maximum Gasteiger partial charge on any atom is 0.118 e. The van der Waals surface area contributed by atoms with Gasteiger partial charge < -0.3 is 14.6 Å². The van der Waals surface area contributed by atoms with Crippen LogP contribution < -0.4 is 4.74 Å². The monoisotopic (exact) mass is 370 g/mol. The van der Waals surface area contributed by atoms with Gasteiger partial charge in [-0.2, -0.15) is 0 Å². The Hall–Kier alpha value is -1.92. The molecule has 146 valence electrons. The maximum atomic E-state index is 10.2. The largest absolute Gasteiger partial charge is 0.497 e. The highest BCUT2D eigenvalue weighted by atomic mass is 16.5. The smallest absolute Gasteiger partial charge is 0.118 e. The molecule has 1 unspecified atom stereocenters. The van der Waals surface area contributed by atoms with Gasteiger partial charge in [0, 0.05) is 39.3 Å². The lowest BCUT2D eigenvalue weighted by Gasteiger charge is -2.35. The van der Waals surface area contributed by atoms with Crippen LogP contribution in [0.3, 0.4) is 0 Å². The second kappa shape index (κ2) is 10.4. The van der Waals surface area contributed by atoms with Gasteiger partial charge >= 0.3 is 0 Å². The van der Waals surface area contributed by atoms with E-state index in [0.717, 1.165) is 44.0 Å². The Bertz CT molecular complexity index is 655. The van der Waals surface area contributed by atoms with E-state index in [0.29, 0.717) is 19.8 Å². The van der Waals surface area contributed by atoms with E-state index < -0.39 is 6.10 Å². The summed E-state index contributed by atoms with van der Waals surface area (Å²) in [4.78, 5) is 4.78. The predicted molar refractivity (Wildman–Crippen MR) is 107 cm³/mol. The van der Waals surface area contributed by atoms with Gasteiger partial charge in [-0.3, -0.25) is 9.80 Å². The minimum Gasteiger partial charge on any atom is -0.497 e. The van der Waals surface area contributed by atoms with Crippen LogP contribution in [0.1, 0.15) is 11.1 Å². The first-order valence-electron chi connectivity index (χ1n) is 9.60. The minimum atomic E-state index is -0.443. The highest BCUT2D eigenvalue weighted by Crippen LogP contribution is 2.14. The van der Waals surface area contributed by atoms with E-state index in [4.69, 9.17) is 9.47 Å². The Balaban J connectivity index is 1.32. The van der Waals surface area contributed by atoms with Gasteiger partial charge in [-0.1, -0.05) is 42.5 Å². The van der Waals surface area contributed by atoms with Crippen LogP contribution in [0.25, 0.3) is 0 Å². The number of aliphatic hydroxyl groups excluding tert-OH is 1. The number of hydrogen-bond acceptors (Lipinski definition) is 5. The Morgan fingerprint density at radius 1 is 0.889 bits per heavy atom. The molecule has 27 heavy (non-hydrogen) atoms. The predicted octanol–water partition coefficient (Wildman–Crippen LogP) is 2.39. The number of piperazine rings is 1. The van der Waals surface area contributed by atoms with Gasteiger partial charge in [-0.15, -0.1) is 0 Å². The topological polar surface area (TPSA) is 45.2 Å². The summed E-state index contributed by atoms with van der Waals surface area (Å²) in [6.07, 6.45) is -0.443. The van der Waals surface area contributed by atoms with Crippen LogP contribution in [0.4, 0.5) is 0 Å². The molecule has 5 nitrogen and oxygen atoms in total. The third-order valence-corrected chi connectivity index (χ3v) is 4.92. The standard InChI is InChI=1S/C22H30N2O3/c1-26-22-9-7-19(8-10-22)15-23-11-13-24(14-12-23)16-21(25)18-27-17-20-5-3-2-4-6-20/h2-10,21,25H,11-18H2,1H3. The summed E-state index contributed by atoms with van der Waals surface area (Å²) in [6.45, 7) is 6.55. The molecule has 1 saturated heterocycles. The third-order valence-electron chi connectivity index (χ3n) is 4.92. The lowest BCUT2D eigenvalue weighted by atomic mass is 10.2. The highest BCUT2D eigenvalue weighted by molar-refractivity contribution is 5.27. The molecule has 0 radical (unpaired) electrons. The van der Waals surface area contributed by atoms with Crippen LogP contribution in [0.5, 0.6) is 5.75 Å². The molecule has 0 aliphatic carbocycles. The molecule has 2 aromatic carbocycles. The molecule has 3 rings (SSSR count). The van der Waals surface area contributed by atoms with E-state index in [9.17, 15) is 5.11 Å². The number of aliphatic hydroxyl groups is 1. The maximum absolute atomic E-state index is 10.2. The Labute approximate surface area is 162 Å². The molecule has 0 aromatic heterocycles. The van der Waals surface area contributed by atoms with Crippen molar-refractivity contribution in [2.45, 2.75) is 19.3 Å². The zero-order valence-corrected chi connectivity index (χ0v) is 16.1. The first-order chi connectivity index (χ1) is 13.2. The van der Waals surface area contributed by atoms with Crippen molar-refractivity contribution in [1.82, 2.24) is 9.80 Å². The molecular formula is C22H30N2O3. The van der Waals surface area contributed by atoms with Gasteiger partial charge in [0.15, 0.2) is 0 Å². The fraction of sp³-hybridized carbons (Fsp3) is 0.455. The number of nitrogens with zero attached hydrogens (tertiary/aromatic N) is 2. The molecule has 1 fully saturated rings. The summed E-state index contributed by atoms with van der Waals surface area (Å²) in [5, 5.41) is 10.2. The second-order valence-corrected chi connectivity index (χ2v) is 7.08. The van der Waals surface area contributed by atoms with Crippen LogP contribution >= 0.6 is 0 Å². The van der Waals surface area contributed by atoms with E-state index in [1.807, 2.05) is 42.5 Å². The summed E-state index contributed by atoms with van der Waals surface area (Å²) >= 11 is 0. The van der Waals surface area contributed by atoms with Crippen molar-refractivity contribution in [3.05, 3.63) is 65.7 Å². The average molecular weight is 370 g/mol. The molecule has 1 atom stereocenters. The van der Waals surface area contributed by atoms with Gasteiger partial charge in [0.25, 0.3) is 0 Å². The van der Waals surface area contributed by atoms with Crippen molar-refractivity contribution in [1.29, 1.82) is 0 Å². The molecule has 0 saturated carbocycles. The number of methoxy groups -OCH3 is 1. The van der Waals surface area contributed by atoms with E-state index in [1.165, 1.54) is 5.56 Å². The lowest BCUT2D eigenvalue weighted by molar-refractivity contribution is 0.000878. The highest BCUT2D eigenvalue weighted by Gasteiger charge is 2.19. The summed E-state index contributed by atoms with van der Waals surface area (Å²) < 4.78 is 10.9. The fourth-order valence-corrected chi connectivity index (χ4v) is 3.36. The van der Waals surface area contributed by atoms with E-state index >= 15 is 0 Å². The van der Waals surface area contributed by atoms with E-state index in [1.54, 1.807) is 7.11 Å². The molecule has 0 amide bonds. The van der Waals surface area contributed by atoms with E-state index in [-0.39, 0.29) is 0 Å². The molecular weight excluding hydrogens is 340 g/mol. The number of rotatable bonds is 9. The Kier molecular flexibility index (Phi) is 7.66. The molecule has 1 aliphatic heterocycles. The average Bonchev–Trinajstić information content (AvgIpc) is 2.71. The van der Waals surface area contributed by atoms with Crippen molar-refractivity contribution in [3.63, 3.8) is 0 Å². The van der Waals surface area contributed by atoms with Gasteiger partial charge in [0.1, 0.15) is 5.75 Å². The Morgan fingerprint density at radius 3 is 2.22 bits per heavy atom. The number of ether oxygens (including phenoxy) is 2. The summed E-state index contributed by atoms with van der Waals surface area (Å²) in [7, 11) is 1.69. The Morgan fingerprint density at radius 2 is 1.56 bits per heavy atom. The molecule has 1 N–H and O–H groups in total. The van der Waals surface area contributed by atoms with Crippen LogP contribution in [0.15, 0.2) is 54.6 Å². The van der Waals surface area contributed by atoms with Crippen LogP contribution in [-0.2, 0) is 17.9 Å². The summed E-state index contributed by atoms with van der Waals surface area (Å²) in [5.41, 5.74) is 2.44. The quantitative estimate of drug-likeness (QED) is 0.734. The molecule has 1 aliphatic rings. The van der Waals surface area contributed by atoms with Crippen LogP contribution in [-0.4, -0.2) is 67.5 Å². The molecule has 5 heteroatoms. The van der Waals surface area contributed by atoms with Gasteiger partial charge in [0.05, 0.1) is 26.4 Å². The number of hydrogen-bond donors (Lipinski definition) is 1. The first-order valence-corrected chi connectivity index (χ1v) is 9.60. The SMILES string of the molecule is COc1ccc(CN2CCN(CC(O)COCc3ccccc3)CC2)cc1. The summed E-state index contributed by atoms with van der Waals surface area (Å²) in [5.74, 6) is 0.895. The van der Waals surface area contributed by atoms with Crippen molar-refractivity contribution < 1.29 is 14.6 Å². The normalized spacial score (nSPS) is 17.0. The lowest BCUT2D eigenvalue weighted by Crippen LogP contribution is -2.48. The first kappa shape index (κ1) is 19.8. The molecule has 0 bridgehead atoms. The van der Waals surface area contributed by atoms with Gasteiger partial charge in [-0.25, -0.2) is 0 Å². The number of β-amino-alcohol motifs (C(OH)–C–C–N with tert-alkyl or cyclic N) is 1. The molecule has 2 aromatic rings. The number of benzene rings is 2. The molecule has 0 spiro atoms. The van der Waals surface area contributed by atoms with Crippen molar-refractivity contribution in [2.75, 3.05) is 46.4 Å². The zero-order valence-electron chi connectivity index (χ0n) is 16.1. The fourth-order valence-electron chi connectivity index (χ4n) is 3.36.